The summed E-state index contributed by atoms with van der Waals surface area (Å²) in [4.78, 5) is 6.83. The molecule has 120 valence electrons. The van der Waals surface area contributed by atoms with E-state index < -0.39 is 0 Å². The van der Waals surface area contributed by atoms with Crippen LogP contribution in [0.2, 0.25) is 0 Å². The van der Waals surface area contributed by atoms with E-state index in [-0.39, 0.29) is 6.04 Å². The van der Waals surface area contributed by atoms with Gasteiger partial charge in [0.1, 0.15) is 0 Å². The maximum atomic E-state index is 6.08. The number of nitrogens with two attached hydrogens (primary N) is 1. The van der Waals surface area contributed by atoms with Crippen LogP contribution < -0.4 is 5.73 Å². The lowest BCUT2D eigenvalue weighted by molar-refractivity contribution is 0.180. The van der Waals surface area contributed by atoms with Crippen molar-refractivity contribution in [2.24, 2.45) is 17.6 Å². The highest BCUT2D eigenvalue weighted by Crippen LogP contribution is 2.23. The van der Waals surface area contributed by atoms with Crippen LogP contribution >= 0.6 is 15.9 Å². The van der Waals surface area contributed by atoms with Gasteiger partial charge in [0, 0.05) is 29.5 Å². The average Bonchev–Trinajstić information content (AvgIpc) is 2.41. The second kappa shape index (κ2) is 9.54. The van der Waals surface area contributed by atoms with Gasteiger partial charge in [-0.25, -0.2) is 0 Å². The molecule has 1 rings (SSSR count). The number of halogens is 1. The maximum Gasteiger partial charge on any atom is 0.0486 e. The van der Waals surface area contributed by atoms with Gasteiger partial charge in [-0.05, 0) is 65.3 Å². The van der Waals surface area contributed by atoms with E-state index in [0.29, 0.717) is 18.4 Å². The molecule has 1 heterocycles. The van der Waals surface area contributed by atoms with Gasteiger partial charge in [0.05, 0.1) is 0 Å². The Morgan fingerprint density at radius 2 is 1.67 bits per heavy atom. The third-order valence-electron chi connectivity index (χ3n) is 3.76. The number of hydrogen-bond acceptors (Lipinski definition) is 3. The molecule has 0 radical (unpaired) electrons. The molecule has 21 heavy (non-hydrogen) atoms. The van der Waals surface area contributed by atoms with E-state index in [9.17, 15) is 0 Å². The van der Waals surface area contributed by atoms with Crippen molar-refractivity contribution in [1.29, 1.82) is 0 Å². The summed E-state index contributed by atoms with van der Waals surface area (Å²) in [6, 6.07) is 2.40. The highest BCUT2D eigenvalue weighted by atomic mass is 79.9. The summed E-state index contributed by atoms with van der Waals surface area (Å²) >= 11 is 3.51. The summed E-state index contributed by atoms with van der Waals surface area (Å²) in [6.07, 6.45) is 6.18. The van der Waals surface area contributed by atoms with Crippen molar-refractivity contribution in [3.8, 4) is 0 Å². The summed E-state index contributed by atoms with van der Waals surface area (Å²) in [6.45, 7) is 11.9. The minimum atomic E-state index is 0.257. The van der Waals surface area contributed by atoms with E-state index in [2.05, 4.69) is 59.6 Å². The summed E-state index contributed by atoms with van der Waals surface area (Å²) in [5, 5.41) is 0. The Kier molecular flexibility index (Phi) is 8.45. The Morgan fingerprint density at radius 3 is 2.10 bits per heavy atom. The molecule has 2 N–H and O–H groups in total. The Bertz CT molecular complexity index is 395. The van der Waals surface area contributed by atoms with Gasteiger partial charge >= 0.3 is 0 Å². The van der Waals surface area contributed by atoms with Crippen LogP contribution in [0.15, 0.2) is 22.9 Å². The van der Waals surface area contributed by atoms with Gasteiger partial charge in [-0.1, -0.05) is 27.7 Å². The molecule has 1 unspecified atom stereocenters. The first-order valence-electron chi connectivity index (χ1n) is 7.98. The lowest BCUT2D eigenvalue weighted by Crippen LogP contribution is -2.36. The molecule has 0 fully saturated rings. The number of hydrogen-bond donors (Lipinski definition) is 1. The molecule has 0 aliphatic carbocycles. The Hall–Kier alpha value is -0.450. The molecular formula is C17H30BrN3. The lowest BCUT2D eigenvalue weighted by atomic mass is 10.0. The SMILES string of the molecule is CC(C)CCN(CCC(C)C)C(CN)c1cncc(Br)c1. The van der Waals surface area contributed by atoms with Gasteiger partial charge in [-0.2, -0.15) is 0 Å². The van der Waals surface area contributed by atoms with Crippen LogP contribution in [0.5, 0.6) is 0 Å². The number of aromatic nitrogens is 1. The van der Waals surface area contributed by atoms with Gasteiger partial charge in [0.15, 0.2) is 0 Å². The zero-order chi connectivity index (χ0) is 15.8. The summed E-state index contributed by atoms with van der Waals surface area (Å²) in [7, 11) is 0. The van der Waals surface area contributed by atoms with E-state index in [1.807, 2.05) is 12.4 Å². The van der Waals surface area contributed by atoms with Gasteiger partial charge in [-0.3, -0.25) is 9.88 Å². The van der Waals surface area contributed by atoms with Gasteiger partial charge in [0.25, 0.3) is 0 Å². The second-order valence-electron chi connectivity index (χ2n) is 6.59. The van der Waals surface area contributed by atoms with E-state index in [0.717, 1.165) is 17.6 Å². The molecule has 3 nitrogen and oxygen atoms in total. The molecule has 1 atom stereocenters. The average molecular weight is 356 g/mol. The minimum Gasteiger partial charge on any atom is -0.329 e. The maximum absolute atomic E-state index is 6.08. The van der Waals surface area contributed by atoms with Crippen LogP contribution in [0.3, 0.4) is 0 Å². The van der Waals surface area contributed by atoms with E-state index in [1.54, 1.807) is 0 Å². The van der Waals surface area contributed by atoms with Gasteiger partial charge < -0.3 is 5.73 Å². The number of rotatable bonds is 9. The van der Waals surface area contributed by atoms with Crippen molar-refractivity contribution in [3.05, 3.63) is 28.5 Å². The number of nitrogens with zero attached hydrogens (tertiary/aromatic N) is 2. The highest BCUT2D eigenvalue weighted by Gasteiger charge is 2.20. The first-order chi connectivity index (χ1) is 9.93. The standard InChI is InChI=1S/C17H30BrN3/c1-13(2)5-7-21(8-6-14(3)4)17(10-19)15-9-16(18)12-20-11-15/h9,11-14,17H,5-8,10,19H2,1-4H3. The molecule has 4 heteroatoms. The van der Waals surface area contributed by atoms with Gasteiger partial charge in [0.2, 0.25) is 0 Å². The fourth-order valence-electron chi connectivity index (χ4n) is 2.38. The fourth-order valence-corrected chi connectivity index (χ4v) is 2.76. The predicted molar refractivity (Wildman–Crippen MR) is 94.2 cm³/mol. The molecule has 0 aliphatic heterocycles. The molecule has 0 bridgehead atoms. The van der Waals surface area contributed by atoms with E-state index in [4.69, 9.17) is 5.73 Å². The van der Waals surface area contributed by atoms with Crippen molar-refractivity contribution >= 4 is 15.9 Å². The predicted octanol–water partition coefficient (Wildman–Crippen LogP) is 4.24. The van der Waals surface area contributed by atoms with Crippen LogP contribution in [-0.4, -0.2) is 29.5 Å². The molecule has 0 amide bonds. The molecule has 1 aromatic heterocycles. The Balaban J connectivity index is 2.85. The molecule has 0 saturated heterocycles. The first kappa shape index (κ1) is 18.6. The molecular weight excluding hydrogens is 326 g/mol. The molecule has 0 aliphatic rings. The van der Waals surface area contributed by atoms with Crippen LogP contribution in [0, 0.1) is 11.8 Å². The Morgan fingerprint density at radius 1 is 1.10 bits per heavy atom. The third-order valence-corrected chi connectivity index (χ3v) is 4.20. The fraction of sp³-hybridized carbons (Fsp3) is 0.706. The second-order valence-corrected chi connectivity index (χ2v) is 7.50. The summed E-state index contributed by atoms with van der Waals surface area (Å²) < 4.78 is 1.02. The van der Waals surface area contributed by atoms with Crippen LogP contribution in [0.25, 0.3) is 0 Å². The van der Waals surface area contributed by atoms with Crippen molar-refractivity contribution in [2.75, 3.05) is 19.6 Å². The quantitative estimate of drug-likeness (QED) is 0.720. The lowest BCUT2D eigenvalue weighted by Gasteiger charge is -2.32. The first-order valence-corrected chi connectivity index (χ1v) is 8.77. The van der Waals surface area contributed by atoms with Crippen LogP contribution in [-0.2, 0) is 0 Å². The largest absolute Gasteiger partial charge is 0.329 e. The summed E-state index contributed by atoms with van der Waals surface area (Å²) in [5.41, 5.74) is 7.29. The van der Waals surface area contributed by atoms with Crippen molar-refractivity contribution in [2.45, 2.75) is 46.6 Å². The normalized spacial score (nSPS) is 13.4. The topological polar surface area (TPSA) is 42.1 Å². The van der Waals surface area contributed by atoms with Crippen molar-refractivity contribution in [3.63, 3.8) is 0 Å². The van der Waals surface area contributed by atoms with Crippen LogP contribution in [0.1, 0.15) is 52.1 Å². The smallest absolute Gasteiger partial charge is 0.0486 e. The molecule has 0 saturated carbocycles. The zero-order valence-electron chi connectivity index (χ0n) is 13.8. The summed E-state index contributed by atoms with van der Waals surface area (Å²) in [5.74, 6) is 1.43. The van der Waals surface area contributed by atoms with Crippen molar-refractivity contribution < 1.29 is 0 Å². The Labute approximate surface area is 138 Å². The molecule has 0 aromatic carbocycles. The van der Waals surface area contributed by atoms with E-state index in [1.165, 1.54) is 18.4 Å². The van der Waals surface area contributed by atoms with E-state index >= 15 is 0 Å². The monoisotopic (exact) mass is 355 g/mol. The van der Waals surface area contributed by atoms with Crippen molar-refractivity contribution in [1.82, 2.24) is 9.88 Å². The minimum absolute atomic E-state index is 0.257. The zero-order valence-corrected chi connectivity index (χ0v) is 15.4. The third kappa shape index (κ3) is 6.90. The molecule has 1 aromatic rings. The number of pyridine rings is 1. The van der Waals surface area contributed by atoms with Crippen LogP contribution in [0.4, 0.5) is 0 Å². The highest BCUT2D eigenvalue weighted by molar-refractivity contribution is 9.10. The molecule has 0 spiro atoms. The van der Waals surface area contributed by atoms with Gasteiger partial charge in [-0.15, -0.1) is 0 Å².